The van der Waals surface area contributed by atoms with Gasteiger partial charge in [-0.1, -0.05) is 6.58 Å². The zero-order chi connectivity index (χ0) is 28.2. The number of amides is 3. The third-order valence-electron chi connectivity index (χ3n) is 6.36. The number of rotatable bonds is 10. The van der Waals surface area contributed by atoms with E-state index in [9.17, 15) is 23.2 Å². The van der Waals surface area contributed by atoms with Crippen molar-refractivity contribution in [3.8, 4) is 5.69 Å². The SMILES string of the molecule is C=CC(=O)NCC(=O)N1CC(NC(=O)CNc2nc(N3CCOCC3)nc3c2ncn3-c2cnn(C(F)F)c2)C1. The number of alkyl halides is 2. The van der Waals surface area contributed by atoms with Crippen LogP contribution in [0.15, 0.2) is 31.4 Å². The standard InChI is InChI=1S/C23H27F2N11O4/c1-2-16(37)26-9-18(39)34-10-14(11-34)30-17(38)8-27-20-19-21(32-23(31-20)33-3-5-40-6-4-33)35(13-28-19)15-7-29-36(12-15)22(24)25/h2,7,12-14,22H,1,3-6,8-11H2,(H,26,37)(H,30,38)(H,27,31,32). The molecule has 0 saturated carbocycles. The first-order valence-electron chi connectivity index (χ1n) is 12.4. The van der Waals surface area contributed by atoms with Crippen LogP contribution in [0.25, 0.3) is 16.9 Å². The van der Waals surface area contributed by atoms with Crippen molar-refractivity contribution in [2.75, 3.05) is 62.7 Å². The van der Waals surface area contributed by atoms with Gasteiger partial charge in [-0.15, -0.1) is 0 Å². The van der Waals surface area contributed by atoms with Gasteiger partial charge in [0.25, 0.3) is 0 Å². The first kappa shape index (κ1) is 26.9. The van der Waals surface area contributed by atoms with Gasteiger partial charge in [-0.05, 0) is 6.08 Å². The van der Waals surface area contributed by atoms with Crippen LogP contribution in [0.2, 0.25) is 0 Å². The summed E-state index contributed by atoms with van der Waals surface area (Å²) in [6.45, 7) is 3.00. The van der Waals surface area contributed by atoms with Gasteiger partial charge in [-0.25, -0.2) is 9.67 Å². The Morgan fingerprint density at radius 2 is 1.95 bits per heavy atom. The molecule has 0 unspecified atom stereocenters. The average molecular weight is 560 g/mol. The highest BCUT2D eigenvalue weighted by molar-refractivity contribution is 5.91. The third kappa shape index (κ3) is 5.83. The number of nitrogens with zero attached hydrogens (tertiary/aromatic N) is 8. The summed E-state index contributed by atoms with van der Waals surface area (Å²) in [5.74, 6) is -0.348. The Morgan fingerprint density at radius 3 is 2.65 bits per heavy atom. The van der Waals surface area contributed by atoms with Crippen molar-refractivity contribution >= 4 is 40.7 Å². The molecule has 5 heterocycles. The molecule has 0 spiro atoms. The van der Waals surface area contributed by atoms with Gasteiger partial charge >= 0.3 is 6.55 Å². The number of carbonyl (C=O) groups is 3. The predicted octanol–water partition coefficient (Wildman–Crippen LogP) is -0.715. The van der Waals surface area contributed by atoms with Gasteiger partial charge in [-0.3, -0.25) is 19.0 Å². The van der Waals surface area contributed by atoms with E-state index in [-0.39, 0.29) is 30.9 Å². The summed E-state index contributed by atoms with van der Waals surface area (Å²) < 4.78 is 33.6. The molecule has 0 atom stereocenters. The fraction of sp³-hybridized carbons (Fsp3) is 0.435. The molecule has 17 heteroatoms. The molecule has 3 aromatic rings. The van der Waals surface area contributed by atoms with E-state index in [4.69, 9.17) is 4.74 Å². The lowest BCUT2D eigenvalue weighted by Crippen LogP contribution is -2.62. The molecule has 15 nitrogen and oxygen atoms in total. The monoisotopic (exact) mass is 559 g/mol. The van der Waals surface area contributed by atoms with Crippen molar-refractivity contribution in [2.45, 2.75) is 12.6 Å². The molecule has 3 aromatic heterocycles. The summed E-state index contributed by atoms with van der Waals surface area (Å²) in [7, 11) is 0. The Kier molecular flexibility index (Phi) is 7.81. The highest BCUT2D eigenvalue weighted by Gasteiger charge is 2.31. The second-order valence-electron chi connectivity index (χ2n) is 9.05. The largest absolute Gasteiger partial charge is 0.378 e. The zero-order valence-corrected chi connectivity index (χ0v) is 21.3. The van der Waals surface area contributed by atoms with Gasteiger partial charge in [0.1, 0.15) is 6.33 Å². The fourth-order valence-electron chi connectivity index (χ4n) is 4.23. The van der Waals surface area contributed by atoms with E-state index in [2.05, 4.69) is 42.6 Å². The van der Waals surface area contributed by atoms with E-state index in [1.165, 1.54) is 28.2 Å². The molecule has 40 heavy (non-hydrogen) atoms. The smallest absolute Gasteiger partial charge is 0.333 e. The molecular formula is C23H27F2N11O4. The maximum absolute atomic E-state index is 13.1. The van der Waals surface area contributed by atoms with Crippen LogP contribution in [0.4, 0.5) is 20.5 Å². The van der Waals surface area contributed by atoms with E-state index >= 15 is 0 Å². The normalized spacial score (nSPS) is 15.7. The number of aromatic nitrogens is 6. The van der Waals surface area contributed by atoms with E-state index < -0.39 is 12.5 Å². The molecular weight excluding hydrogens is 532 g/mol. The number of anilines is 2. The van der Waals surface area contributed by atoms with Crippen LogP contribution in [0.1, 0.15) is 6.55 Å². The van der Waals surface area contributed by atoms with Crippen LogP contribution in [-0.2, 0) is 19.1 Å². The second-order valence-corrected chi connectivity index (χ2v) is 9.05. The molecule has 3 N–H and O–H groups in total. The number of morpholine rings is 1. The number of ether oxygens (including phenoxy) is 1. The maximum Gasteiger partial charge on any atom is 0.333 e. The molecule has 0 radical (unpaired) electrons. The Bertz CT molecular complexity index is 1410. The minimum atomic E-state index is -2.79. The molecule has 0 aliphatic carbocycles. The van der Waals surface area contributed by atoms with Gasteiger partial charge in [-0.2, -0.15) is 23.8 Å². The number of halogens is 2. The van der Waals surface area contributed by atoms with Gasteiger partial charge in [0, 0.05) is 26.2 Å². The fourth-order valence-corrected chi connectivity index (χ4v) is 4.23. The lowest BCUT2D eigenvalue weighted by molar-refractivity contribution is -0.137. The van der Waals surface area contributed by atoms with Crippen LogP contribution < -0.4 is 20.9 Å². The number of fused-ring (bicyclic) bond motifs is 1. The molecule has 212 valence electrons. The Hall–Kier alpha value is -4.67. The predicted molar refractivity (Wildman–Crippen MR) is 137 cm³/mol. The van der Waals surface area contributed by atoms with Crippen molar-refractivity contribution < 1.29 is 27.9 Å². The quantitative estimate of drug-likeness (QED) is 0.270. The third-order valence-corrected chi connectivity index (χ3v) is 6.36. The van der Waals surface area contributed by atoms with Crippen molar-refractivity contribution in [1.82, 2.24) is 44.8 Å². The number of nitrogens with one attached hydrogen (secondary N) is 3. The molecule has 2 fully saturated rings. The van der Waals surface area contributed by atoms with E-state index in [0.717, 1.165) is 6.08 Å². The lowest BCUT2D eigenvalue weighted by Gasteiger charge is -2.39. The number of hydrogen-bond acceptors (Lipinski definition) is 10. The highest BCUT2D eigenvalue weighted by atomic mass is 19.3. The molecule has 5 rings (SSSR count). The average Bonchev–Trinajstić information content (AvgIpc) is 3.60. The molecule has 2 aliphatic rings. The first-order valence-corrected chi connectivity index (χ1v) is 12.4. The first-order chi connectivity index (χ1) is 19.3. The Morgan fingerprint density at radius 1 is 1.18 bits per heavy atom. The molecule has 0 aromatic carbocycles. The highest BCUT2D eigenvalue weighted by Crippen LogP contribution is 2.26. The van der Waals surface area contributed by atoms with Gasteiger partial charge in [0.05, 0.1) is 50.4 Å². The van der Waals surface area contributed by atoms with Gasteiger partial charge in [0.15, 0.2) is 17.0 Å². The van der Waals surface area contributed by atoms with Crippen molar-refractivity contribution in [3.05, 3.63) is 31.4 Å². The molecule has 2 saturated heterocycles. The maximum atomic E-state index is 13.1. The second kappa shape index (κ2) is 11.6. The topological polar surface area (TPSA) is 164 Å². The Balaban J connectivity index is 1.26. The minimum Gasteiger partial charge on any atom is -0.378 e. The Labute approximate surface area is 226 Å². The number of likely N-dealkylation sites (tertiary alicyclic amines) is 1. The van der Waals surface area contributed by atoms with Gasteiger partial charge < -0.3 is 30.5 Å². The van der Waals surface area contributed by atoms with Gasteiger partial charge in [0.2, 0.25) is 23.7 Å². The summed E-state index contributed by atoms with van der Waals surface area (Å²) in [6.07, 6.45) is 4.98. The van der Waals surface area contributed by atoms with E-state index in [1.807, 2.05) is 4.90 Å². The summed E-state index contributed by atoms with van der Waals surface area (Å²) in [5.41, 5.74) is 1.03. The van der Waals surface area contributed by atoms with Crippen LogP contribution >= 0.6 is 0 Å². The van der Waals surface area contributed by atoms with Crippen LogP contribution in [0.3, 0.4) is 0 Å². The van der Waals surface area contributed by atoms with Crippen molar-refractivity contribution in [1.29, 1.82) is 0 Å². The van der Waals surface area contributed by atoms with Crippen LogP contribution in [0, 0.1) is 0 Å². The number of carbonyl (C=O) groups excluding carboxylic acids is 3. The minimum absolute atomic E-state index is 0.134. The summed E-state index contributed by atoms with van der Waals surface area (Å²) in [6, 6.07) is -0.228. The van der Waals surface area contributed by atoms with Crippen LogP contribution in [-0.4, -0.2) is 110 Å². The molecule has 0 bridgehead atoms. The van der Waals surface area contributed by atoms with Crippen molar-refractivity contribution in [2.24, 2.45) is 0 Å². The zero-order valence-electron chi connectivity index (χ0n) is 21.3. The number of imidazole rings is 1. The van der Waals surface area contributed by atoms with E-state index in [1.54, 1.807) is 0 Å². The number of hydrogen-bond donors (Lipinski definition) is 3. The summed E-state index contributed by atoms with van der Waals surface area (Å²) >= 11 is 0. The molecule has 3 amide bonds. The van der Waals surface area contributed by atoms with Crippen molar-refractivity contribution in [3.63, 3.8) is 0 Å². The summed E-state index contributed by atoms with van der Waals surface area (Å²) in [4.78, 5) is 53.0. The molecule has 2 aliphatic heterocycles. The van der Waals surface area contributed by atoms with Crippen LogP contribution in [0.5, 0.6) is 0 Å². The summed E-state index contributed by atoms with van der Waals surface area (Å²) in [5, 5.41) is 12.0. The van der Waals surface area contributed by atoms with E-state index in [0.29, 0.717) is 72.7 Å². The lowest BCUT2D eigenvalue weighted by atomic mass is 10.1.